The summed E-state index contributed by atoms with van der Waals surface area (Å²) in [6, 6.07) is 14.9. The van der Waals surface area contributed by atoms with E-state index < -0.39 is 5.97 Å². The molecule has 0 fully saturated rings. The van der Waals surface area contributed by atoms with Crippen LogP contribution >= 0.6 is 23.2 Å². The normalized spacial score (nSPS) is 10.7. The first-order valence-electron chi connectivity index (χ1n) is 7.59. The number of hydrogen-bond donors (Lipinski definition) is 0. The molecule has 25 heavy (non-hydrogen) atoms. The van der Waals surface area contributed by atoms with Gasteiger partial charge in [-0.3, -0.25) is 0 Å². The zero-order chi connectivity index (χ0) is 17.8. The lowest BCUT2D eigenvalue weighted by atomic mass is 10.1. The van der Waals surface area contributed by atoms with Crippen molar-refractivity contribution in [3.63, 3.8) is 0 Å². The van der Waals surface area contributed by atoms with Crippen molar-refractivity contribution >= 4 is 40.1 Å². The maximum absolute atomic E-state index is 11.3. The fourth-order valence-corrected chi connectivity index (χ4v) is 2.76. The molecule has 0 saturated carbocycles. The molecule has 0 unspecified atom stereocenters. The molecular weight excluding hydrogens is 361 g/mol. The summed E-state index contributed by atoms with van der Waals surface area (Å²) in [5.41, 5.74) is 2.57. The van der Waals surface area contributed by atoms with Gasteiger partial charge >= 0.3 is 5.97 Å². The topological polar surface area (TPSA) is 48.4 Å². The Labute approximate surface area is 155 Å². The Morgan fingerprint density at radius 3 is 2.52 bits per heavy atom. The number of benzene rings is 2. The molecule has 0 bridgehead atoms. The van der Waals surface area contributed by atoms with Crippen LogP contribution in [-0.4, -0.2) is 24.7 Å². The predicted octanol–water partition coefficient (Wildman–Crippen LogP) is 4.68. The van der Waals surface area contributed by atoms with Crippen LogP contribution in [0.15, 0.2) is 48.5 Å². The molecule has 0 aliphatic rings. The number of ether oxygens (including phenoxy) is 2. The van der Waals surface area contributed by atoms with Crippen LogP contribution in [0.4, 0.5) is 0 Å². The molecule has 3 aromatic rings. The highest BCUT2D eigenvalue weighted by Crippen LogP contribution is 2.30. The van der Waals surface area contributed by atoms with Crippen LogP contribution in [0.3, 0.4) is 0 Å². The van der Waals surface area contributed by atoms with Gasteiger partial charge in [-0.1, -0.05) is 35.3 Å². The number of hydrogen-bond acceptors (Lipinski definition) is 4. The highest BCUT2D eigenvalue weighted by molar-refractivity contribution is 6.35. The minimum Gasteiger partial charge on any atom is -0.480 e. The number of halogens is 2. The maximum Gasteiger partial charge on any atom is 0.343 e. The molecule has 4 nitrogen and oxygen atoms in total. The first kappa shape index (κ1) is 17.5. The molecule has 128 valence electrons. The van der Waals surface area contributed by atoms with Crippen LogP contribution in [0.25, 0.3) is 10.9 Å². The molecule has 0 spiro atoms. The lowest BCUT2D eigenvalue weighted by Gasteiger charge is -2.10. The average Bonchev–Trinajstić information content (AvgIpc) is 2.63. The average molecular weight is 376 g/mol. The largest absolute Gasteiger partial charge is 0.480 e. The summed E-state index contributed by atoms with van der Waals surface area (Å²) >= 11 is 12.2. The number of rotatable bonds is 5. The van der Waals surface area contributed by atoms with Crippen molar-refractivity contribution in [3.05, 3.63) is 69.8 Å². The minimum absolute atomic E-state index is 0.184. The summed E-state index contributed by atoms with van der Waals surface area (Å²) in [6.45, 7) is -0.184. The standard InChI is InChI=1S/C19H15Cl2NO3/c1-24-18(23)11-25-17-9-8-16(21)15-7-6-14(22-19(15)17)10-12-2-4-13(20)5-3-12/h2-9H,10-11H2,1H3. The lowest BCUT2D eigenvalue weighted by Crippen LogP contribution is -2.12. The number of fused-ring (bicyclic) bond motifs is 1. The van der Waals surface area contributed by atoms with E-state index in [1.165, 1.54) is 7.11 Å². The van der Waals surface area contributed by atoms with Gasteiger partial charge in [0, 0.05) is 22.5 Å². The van der Waals surface area contributed by atoms with Gasteiger partial charge in [-0.05, 0) is 42.0 Å². The summed E-state index contributed by atoms with van der Waals surface area (Å²) in [4.78, 5) is 16.0. The highest BCUT2D eigenvalue weighted by Gasteiger charge is 2.11. The molecule has 0 amide bonds. The Balaban J connectivity index is 1.93. The smallest absolute Gasteiger partial charge is 0.343 e. The van der Waals surface area contributed by atoms with Crippen LogP contribution in [-0.2, 0) is 16.0 Å². The number of carbonyl (C=O) groups is 1. The van der Waals surface area contributed by atoms with E-state index in [2.05, 4.69) is 9.72 Å². The van der Waals surface area contributed by atoms with Crippen molar-refractivity contribution in [1.29, 1.82) is 0 Å². The van der Waals surface area contributed by atoms with Crippen molar-refractivity contribution in [3.8, 4) is 5.75 Å². The zero-order valence-corrected chi connectivity index (χ0v) is 15.0. The first-order valence-corrected chi connectivity index (χ1v) is 8.34. The molecule has 0 N–H and O–H groups in total. The van der Waals surface area contributed by atoms with E-state index in [4.69, 9.17) is 27.9 Å². The quantitative estimate of drug-likeness (QED) is 0.607. The summed E-state index contributed by atoms with van der Waals surface area (Å²) < 4.78 is 10.1. The minimum atomic E-state index is -0.458. The van der Waals surface area contributed by atoms with Crippen molar-refractivity contribution in [1.82, 2.24) is 4.98 Å². The van der Waals surface area contributed by atoms with Gasteiger partial charge in [0.2, 0.25) is 0 Å². The fraction of sp³-hybridized carbons (Fsp3) is 0.158. The van der Waals surface area contributed by atoms with Gasteiger partial charge in [0.25, 0.3) is 0 Å². The third kappa shape index (κ3) is 4.21. The Hall–Kier alpha value is -2.30. The predicted molar refractivity (Wildman–Crippen MR) is 98.5 cm³/mol. The van der Waals surface area contributed by atoms with Gasteiger partial charge in [-0.15, -0.1) is 0 Å². The number of pyridine rings is 1. The highest BCUT2D eigenvalue weighted by atomic mass is 35.5. The molecule has 1 heterocycles. The second-order valence-corrected chi connectivity index (χ2v) is 6.26. The van der Waals surface area contributed by atoms with E-state index in [9.17, 15) is 4.79 Å². The Bertz CT molecular complexity index is 910. The van der Waals surface area contributed by atoms with Crippen LogP contribution in [0.2, 0.25) is 10.0 Å². The maximum atomic E-state index is 11.3. The lowest BCUT2D eigenvalue weighted by molar-refractivity contribution is -0.142. The summed E-state index contributed by atoms with van der Waals surface area (Å²) in [5, 5.41) is 2.04. The van der Waals surface area contributed by atoms with Crippen LogP contribution in [0.1, 0.15) is 11.3 Å². The van der Waals surface area contributed by atoms with Gasteiger partial charge in [-0.25, -0.2) is 9.78 Å². The summed E-state index contributed by atoms with van der Waals surface area (Å²) in [6.07, 6.45) is 0.649. The molecule has 0 aliphatic heterocycles. The van der Waals surface area contributed by atoms with Crippen LogP contribution in [0.5, 0.6) is 5.75 Å². The zero-order valence-electron chi connectivity index (χ0n) is 13.5. The third-order valence-corrected chi connectivity index (χ3v) is 4.28. The Morgan fingerprint density at radius 1 is 1.04 bits per heavy atom. The van der Waals surface area contributed by atoms with Gasteiger partial charge in [0.15, 0.2) is 6.61 Å². The van der Waals surface area contributed by atoms with Crippen LogP contribution < -0.4 is 4.74 Å². The van der Waals surface area contributed by atoms with E-state index in [1.54, 1.807) is 12.1 Å². The van der Waals surface area contributed by atoms with Crippen LogP contribution in [0, 0.1) is 0 Å². The molecular formula is C19H15Cl2NO3. The molecule has 0 atom stereocenters. The van der Waals surface area contributed by atoms with Gasteiger partial charge < -0.3 is 9.47 Å². The van der Waals surface area contributed by atoms with Crippen molar-refractivity contribution in [2.75, 3.05) is 13.7 Å². The number of nitrogens with zero attached hydrogens (tertiary/aromatic N) is 1. The number of aromatic nitrogens is 1. The first-order chi connectivity index (χ1) is 12.1. The van der Waals surface area contributed by atoms with Gasteiger partial charge in [0.05, 0.1) is 12.1 Å². The molecule has 2 aromatic carbocycles. The second-order valence-electron chi connectivity index (χ2n) is 5.41. The van der Waals surface area contributed by atoms with Crippen molar-refractivity contribution in [2.24, 2.45) is 0 Å². The van der Waals surface area contributed by atoms with Crippen molar-refractivity contribution < 1.29 is 14.3 Å². The molecule has 0 saturated heterocycles. The van der Waals surface area contributed by atoms with E-state index in [-0.39, 0.29) is 6.61 Å². The monoisotopic (exact) mass is 375 g/mol. The van der Waals surface area contributed by atoms with Crippen molar-refractivity contribution in [2.45, 2.75) is 6.42 Å². The second kappa shape index (κ2) is 7.72. The molecule has 3 rings (SSSR count). The molecule has 1 aromatic heterocycles. The third-order valence-electron chi connectivity index (χ3n) is 3.70. The van der Waals surface area contributed by atoms with Gasteiger partial charge in [0.1, 0.15) is 11.3 Å². The van der Waals surface area contributed by atoms with E-state index in [0.29, 0.717) is 27.7 Å². The van der Waals surface area contributed by atoms with Gasteiger partial charge in [-0.2, -0.15) is 0 Å². The molecule has 0 aliphatic carbocycles. The Kier molecular flexibility index (Phi) is 5.41. The van der Waals surface area contributed by atoms with E-state index in [1.807, 2.05) is 36.4 Å². The Morgan fingerprint density at radius 2 is 1.80 bits per heavy atom. The van der Waals surface area contributed by atoms with E-state index in [0.717, 1.165) is 16.6 Å². The SMILES string of the molecule is COC(=O)COc1ccc(Cl)c2ccc(Cc3ccc(Cl)cc3)nc12. The number of carbonyl (C=O) groups excluding carboxylic acids is 1. The summed E-state index contributed by atoms with van der Waals surface area (Å²) in [5.74, 6) is 0.0307. The molecule has 6 heteroatoms. The summed E-state index contributed by atoms with van der Waals surface area (Å²) in [7, 11) is 1.31. The molecule has 0 radical (unpaired) electrons. The fourth-order valence-electron chi connectivity index (χ4n) is 2.42. The number of esters is 1. The van der Waals surface area contributed by atoms with E-state index >= 15 is 0 Å². The number of methoxy groups -OCH3 is 1.